The third-order valence-corrected chi connectivity index (χ3v) is 6.77. The Balaban J connectivity index is 1.48. The fourth-order valence-electron chi connectivity index (χ4n) is 4.63. The number of carbonyl (C=O) groups is 1. The summed E-state index contributed by atoms with van der Waals surface area (Å²) >= 11 is 0. The van der Waals surface area contributed by atoms with Crippen molar-refractivity contribution in [1.29, 1.82) is 0 Å². The number of aromatic nitrogens is 1. The average Bonchev–Trinajstić information content (AvgIpc) is 3.13. The molecule has 4 rings (SSSR count). The summed E-state index contributed by atoms with van der Waals surface area (Å²) in [5.74, 6) is 0.835. The number of H-pyrrole nitrogens is 1. The Labute approximate surface area is 179 Å². The fraction of sp³-hybridized carbons (Fsp3) is 0.423. The van der Waals surface area contributed by atoms with Gasteiger partial charge in [-0.05, 0) is 77.1 Å². The van der Waals surface area contributed by atoms with E-state index in [4.69, 9.17) is 4.74 Å². The first-order valence-electron chi connectivity index (χ1n) is 10.8. The number of carbonyl (C=O) groups excluding carboxylic acids is 1. The number of amides is 1. The molecule has 2 aromatic carbocycles. The maximum atomic E-state index is 12.9. The van der Waals surface area contributed by atoms with Gasteiger partial charge in [-0.1, -0.05) is 33.8 Å². The number of hydrogen-bond acceptors (Lipinski definition) is 2. The van der Waals surface area contributed by atoms with E-state index < -0.39 is 0 Å². The van der Waals surface area contributed by atoms with Gasteiger partial charge in [0.1, 0.15) is 5.75 Å². The number of methoxy groups -OCH3 is 1. The van der Waals surface area contributed by atoms with Crippen LogP contribution in [0.25, 0.3) is 10.9 Å². The van der Waals surface area contributed by atoms with Crippen molar-refractivity contribution in [3.8, 4) is 5.75 Å². The van der Waals surface area contributed by atoms with Gasteiger partial charge in [0.15, 0.2) is 0 Å². The van der Waals surface area contributed by atoms with Crippen LogP contribution in [0.15, 0.2) is 42.6 Å². The van der Waals surface area contributed by atoms with Gasteiger partial charge in [-0.25, -0.2) is 0 Å². The summed E-state index contributed by atoms with van der Waals surface area (Å²) in [6.07, 6.45) is 5.10. The standard InChI is InChI=1S/C26H32N2O2/c1-25(2)11-12-26(3,4)22-14-17(6-8-21(22)25)24(29)27-13-10-18-16-28-23-9-7-19(30-5)15-20(18)23/h6-9,14-16,28H,10-13H2,1-5H3,(H,27,29). The Hall–Kier alpha value is -2.75. The van der Waals surface area contributed by atoms with Crippen molar-refractivity contribution in [2.75, 3.05) is 13.7 Å². The molecule has 30 heavy (non-hydrogen) atoms. The van der Waals surface area contributed by atoms with E-state index in [9.17, 15) is 4.79 Å². The molecule has 2 N–H and O–H groups in total. The van der Waals surface area contributed by atoms with Crippen molar-refractivity contribution < 1.29 is 9.53 Å². The summed E-state index contributed by atoms with van der Waals surface area (Å²) in [6, 6.07) is 12.3. The number of benzene rings is 2. The lowest BCUT2D eigenvalue weighted by Gasteiger charge is -2.42. The number of rotatable bonds is 5. The van der Waals surface area contributed by atoms with Gasteiger partial charge in [0.05, 0.1) is 7.11 Å². The van der Waals surface area contributed by atoms with E-state index in [0.29, 0.717) is 6.54 Å². The van der Waals surface area contributed by atoms with Crippen molar-refractivity contribution in [3.63, 3.8) is 0 Å². The molecule has 0 bridgehead atoms. The number of hydrogen-bond donors (Lipinski definition) is 2. The highest BCUT2D eigenvalue weighted by Crippen LogP contribution is 2.45. The quantitative estimate of drug-likeness (QED) is 0.590. The van der Waals surface area contributed by atoms with Crippen molar-refractivity contribution >= 4 is 16.8 Å². The van der Waals surface area contributed by atoms with E-state index in [-0.39, 0.29) is 16.7 Å². The van der Waals surface area contributed by atoms with Gasteiger partial charge in [0.2, 0.25) is 0 Å². The van der Waals surface area contributed by atoms with Crippen LogP contribution in [0, 0.1) is 0 Å². The first-order chi connectivity index (χ1) is 14.2. The fourth-order valence-corrected chi connectivity index (χ4v) is 4.63. The second-order valence-electron chi connectivity index (χ2n) is 9.76. The summed E-state index contributed by atoms with van der Waals surface area (Å²) in [6.45, 7) is 9.77. The van der Waals surface area contributed by atoms with Crippen molar-refractivity contribution in [3.05, 3.63) is 64.8 Å². The number of ether oxygens (including phenoxy) is 1. The maximum Gasteiger partial charge on any atom is 0.251 e. The molecule has 1 amide bonds. The van der Waals surface area contributed by atoms with Gasteiger partial charge in [-0.15, -0.1) is 0 Å². The van der Waals surface area contributed by atoms with E-state index >= 15 is 0 Å². The zero-order valence-electron chi connectivity index (χ0n) is 18.7. The minimum Gasteiger partial charge on any atom is -0.497 e. The summed E-state index contributed by atoms with van der Waals surface area (Å²) in [5, 5.41) is 4.24. The molecule has 0 saturated carbocycles. The van der Waals surface area contributed by atoms with E-state index in [2.05, 4.69) is 50.1 Å². The van der Waals surface area contributed by atoms with Gasteiger partial charge in [0.25, 0.3) is 5.91 Å². The Morgan fingerprint density at radius 3 is 2.50 bits per heavy atom. The van der Waals surface area contributed by atoms with Crippen molar-refractivity contribution in [2.45, 2.75) is 57.8 Å². The summed E-state index contributed by atoms with van der Waals surface area (Å²) in [4.78, 5) is 16.1. The van der Waals surface area contributed by atoms with Crippen LogP contribution in [0.4, 0.5) is 0 Å². The van der Waals surface area contributed by atoms with Crippen LogP contribution in [0.2, 0.25) is 0 Å². The van der Waals surface area contributed by atoms with Gasteiger partial charge < -0.3 is 15.0 Å². The lowest BCUT2D eigenvalue weighted by molar-refractivity contribution is 0.0954. The van der Waals surface area contributed by atoms with Gasteiger partial charge in [-0.2, -0.15) is 0 Å². The van der Waals surface area contributed by atoms with Crippen LogP contribution in [-0.4, -0.2) is 24.5 Å². The molecule has 1 aliphatic carbocycles. The molecule has 3 aromatic rings. The van der Waals surface area contributed by atoms with E-state index in [1.807, 2.05) is 30.5 Å². The molecular formula is C26H32N2O2. The monoisotopic (exact) mass is 404 g/mol. The Bertz CT molecular complexity index is 1090. The normalized spacial score (nSPS) is 16.8. The van der Waals surface area contributed by atoms with E-state index in [1.54, 1.807) is 7.11 Å². The molecule has 158 valence electrons. The highest BCUT2D eigenvalue weighted by Gasteiger charge is 2.37. The van der Waals surface area contributed by atoms with Crippen LogP contribution in [-0.2, 0) is 17.3 Å². The van der Waals surface area contributed by atoms with Gasteiger partial charge in [-0.3, -0.25) is 4.79 Å². The lowest BCUT2D eigenvalue weighted by atomic mass is 9.63. The van der Waals surface area contributed by atoms with Gasteiger partial charge >= 0.3 is 0 Å². The molecule has 4 heteroatoms. The topological polar surface area (TPSA) is 54.1 Å². The lowest BCUT2D eigenvalue weighted by Crippen LogP contribution is -2.34. The molecule has 4 nitrogen and oxygen atoms in total. The zero-order chi connectivity index (χ0) is 21.5. The van der Waals surface area contributed by atoms with Crippen LogP contribution in [0.1, 0.15) is 67.6 Å². The average molecular weight is 405 g/mol. The summed E-state index contributed by atoms with van der Waals surface area (Å²) in [7, 11) is 1.68. The molecule has 1 aliphatic rings. The van der Waals surface area contributed by atoms with Gasteiger partial charge in [0, 0.05) is 29.2 Å². The molecule has 1 heterocycles. The molecule has 0 fully saturated rings. The summed E-state index contributed by atoms with van der Waals surface area (Å²) < 4.78 is 5.34. The van der Waals surface area contributed by atoms with Crippen LogP contribution in [0.3, 0.4) is 0 Å². The van der Waals surface area contributed by atoms with E-state index in [0.717, 1.165) is 35.1 Å². The first-order valence-corrected chi connectivity index (χ1v) is 10.8. The summed E-state index contributed by atoms with van der Waals surface area (Å²) in [5.41, 5.74) is 5.97. The third kappa shape index (κ3) is 3.71. The first kappa shape index (κ1) is 20.5. The second kappa shape index (κ2) is 7.50. The van der Waals surface area contributed by atoms with Crippen LogP contribution < -0.4 is 10.1 Å². The Morgan fingerprint density at radius 2 is 1.77 bits per heavy atom. The highest BCUT2D eigenvalue weighted by atomic mass is 16.5. The van der Waals surface area contributed by atoms with Crippen LogP contribution >= 0.6 is 0 Å². The Kier molecular flexibility index (Phi) is 5.13. The molecule has 0 atom stereocenters. The smallest absolute Gasteiger partial charge is 0.251 e. The molecule has 1 aromatic heterocycles. The second-order valence-corrected chi connectivity index (χ2v) is 9.76. The molecule has 0 aliphatic heterocycles. The largest absolute Gasteiger partial charge is 0.497 e. The van der Waals surface area contributed by atoms with E-state index in [1.165, 1.54) is 23.1 Å². The predicted molar refractivity (Wildman–Crippen MR) is 123 cm³/mol. The molecule has 0 spiro atoms. The Morgan fingerprint density at radius 1 is 1.03 bits per heavy atom. The molecule has 0 radical (unpaired) electrons. The zero-order valence-corrected chi connectivity index (χ0v) is 18.7. The maximum absolute atomic E-state index is 12.9. The SMILES string of the molecule is COc1ccc2[nH]cc(CCNC(=O)c3ccc4c(c3)C(C)(C)CCC4(C)C)c2c1. The molecule has 0 unspecified atom stereocenters. The predicted octanol–water partition coefficient (Wildman–Crippen LogP) is 5.50. The van der Waals surface area contributed by atoms with Crippen molar-refractivity contribution in [2.24, 2.45) is 0 Å². The minimum absolute atomic E-state index is 0.00518. The van der Waals surface area contributed by atoms with Crippen molar-refractivity contribution in [1.82, 2.24) is 10.3 Å². The third-order valence-electron chi connectivity index (χ3n) is 6.77. The number of fused-ring (bicyclic) bond motifs is 2. The van der Waals surface area contributed by atoms with Crippen LogP contribution in [0.5, 0.6) is 5.75 Å². The highest BCUT2D eigenvalue weighted by molar-refractivity contribution is 5.94. The number of aromatic amines is 1. The number of nitrogens with one attached hydrogen (secondary N) is 2. The molecule has 0 saturated heterocycles. The molecular weight excluding hydrogens is 372 g/mol. The minimum atomic E-state index is -0.00518.